The van der Waals surface area contributed by atoms with Gasteiger partial charge in [-0.2, -0.15) is 15.1 Å². The molecule has 6 atom stereocenters. The summed E-state index contributed by atoms with van der Waals surface area (Å²) in [7, 11) is -2.76. The first kappa shape index (κ1) is 29.2. The van der Waals surface area contributed by atoms with Crippen molar-refractivity contribution in [3.8, 4) is 11.6 Å². The van der Waals surface area contributed by atoms with Crippen molar-refractivity contribution >= 4 is 30.8 Å². The number of ether oxygens (including phenoxy) is 4. The monoisotopic (exact) mass is 592 g/mol. The number of nitrogen functional groups attached to an aromatic ring is 1. The maximum Gasteiger partial charge on any atom is 0.459 e. The van der Waals surface area contributed by atoms with Gasteiger partial charge in [0.1, 0.15) is 29.6 Å². The lowest BCUT2D eigenvalue weighted by atomic mass is 9.86. The highest BCUT2D eigenvalue weighted by molar-refractivity contribution is 7.52. The number of esters is 1. The number of benzene rings is 1. The van der Waals surface area contributed by atoms with Crippen LogP contribution in [0, 0.1) is 0 Å². The Morgan fingerprint density at radius 3 is 2.66 bits per heavy atom. The molecule has 2 aromatic heterocycles. The minimum absolute atomic E-state index is 0.0340. The summed E-state index contributed by atoms with van der Waals surface area (Å²) in [4.78, 5) is 25.1. The number of aromatic nitrogens is 4. The van der Waals surface area contributed by atoms with Crippen LogP contribution >= 0.6 is 7.75 Å². The molecule has 15 nitrogen and oxygen atoms in total. The van der Waals surface area contributed by atoms with Gasteiger partial charge in [0, 0.05) is 6.42 Å². The summed E-state index contributed by atoms with van der Waals surface area (Å²) < 4.78 is 49.6. The summed E-state index contributed by atoms with van der Waals surface area (Å²) in [6.07, 6.45) is -1.52. The first-order chi connectivity index (χ1) is 19.5. The zero-order valence-electron chi connectivity index (χ0n) is 23.0. The first-order valence-electron chi connectivity index (χ1n) is 13.0. The second-order valence-corrected chi connectivity index (χ2v) is 11.7. The van der Waals surface area contributed by atoms with Crippen molar-refractivity contribution in [2.75, 3.05) is 26.1 Å². The van der Waals surface area contributed by atoms with Gasteiger partial charge in [0.15, 0.2) is 17.4 Å². The summed E-state index contributed by atoms with van der Waals surface area (Å²) in [6, 6.07) is 7.31. The Morgan fingerprint density at radius 1 is 1.29 bits per heavy atom. The Bertz CT molecular complexity index is 1430. The molecule has 1 spiro atoms. The van der Waals surface area contributed by atoms with Crippen LogP contribution in [-0.4, -0.2) is 80.9 Å². The quantitative estimate of drug-likeness (QED) is 0.216. The van der Waals surface area contributed by atoms with E-state index in [1.54, 1.807) is 48.7 Å². The Kier molecular flexibility index (Phi) is 8.19. The molecule has 3 aromatic rings. The predicted molar refractivity (Wildman–Crippen MR) is 144 cm³/mol. The smallest absolute Gasteiger partial charge is 0.459 e. The van der Waals surface area contributed by atoms with Crippen LogP contribution in [0.15, 0.2) is 36.7 Å². The fourth-order valence-electron chi connectivity index (χ4n) is 4.74. The van der Waals surface area contributed by atoms with Crippen molar-refractivity contribution in [2.24, 2.45) is 0 Å². The number of nitrogens with zero attached hydrogens (tertiary/aromatic N) is 4. The highest BCUT2D eigenvalue weighted by Gasteiger charge is 2.62. The predicted octanol–water partition coefficient (Wildman–Crippen LogP) is 1.97. The van der Waals surface area contributed by atoms with Crippen molar-refractivity contribution in [3.63, 3.8) is 0 Å². The molecule has 0 bridgehead atoms. The lowest BCUT2D eigenvalue weighted by Crippen LogP contribution is -2.56. The number of nitrogens with one attached hydrogen (secondary N) is 1. The topological polar surface area (TPSA) is 191 Å². The number of aliphatic hydroxyl groups is 1. The number of carbonyl (C=O) groups excluding carboxylic acids is 1. The standard InChI is InChI=1S/C25H33N6O9P/c1-14(2)38-22(33)15(3)30-41(34,40-16-8-6-5-7-9-16)37-12-17-19(32)25(10-11-36-25)23(39-17)31-13-27-18-20(31)28-24(26)29-21(18)35-4/h5-9,13-15,17,19,23,32H,10-12H2,1-4H3,(H,30,34)(H2,26,28,29). The number of hydrogen-bond acceptors (Lipinski definition) is 13. The average molecular weight is 593 g/mol. The third kappa shape index (κ3) is 5.73. The van der Waals surface area contributed by atoms with Crippen LogP contribution in [-0.2, 0) is 28.1 Å². The molecule has 16 heteroatoms. The summed E-state index contributed by atoms with van der Waals surface area (Å²) in [5, 5.41) is 14.0. The fraction of sp³-hybridized carbons (Fsp3) is 0.520. The van der Waals surface area contributed by atoms with E-state index in [-0.39, 0.29) is 30.3 Å². The molecule has 0 saturated carbocycles. The van der Waals surface area contributed by atoms with E-state index in [1.165, 1.54) is 20.4 Å². The molecule has 0 aliphatic carbocycles. The normalized spacial score (nSPS) is 26.0. The van der Waals surface area contributed by atoms with Gasteiger partial charge >= 0.3 is 13.7 Å². The largest absolute Gasteiger partial charge is 0.479 e. The molecule has 2 fully saturated rings. The number of aliphatic hydroxyl groups excluding tert-OH is 1. The molecule has 2 aliphatic heterocycles. The van der Waals surface area contributed by atoms with Crippen LogP contribution in [0.25, 0.3) is 11.2 Å². The zero-order chi connectivity index (χ0) is 29.4. The number of anilines is 1. The number of fused-ring (bicyclic) bond motifs is 1. The van der Waals surface area contributed by atoms with E-state index >= 15 is 0 Å². The fourth-order valence-corrected chi connectivity index (χ4v) is 6.24. The number of nitrogens with two attached hydrogens (primary N) is 1. The van der Waals surface area contributed by atoms with Gasteiger partial charge in [0.25, 0.3) is 0 Å². The molecule has 4 N–H and O–H groups in total. The summed E-state index contributed by atoms with van der Waals surface area (Å²) in [5.41, 5.74) is 5.39. The van der Waals surface area contributed by atoms with E-state index in [4.69, 9.17) is 33.7 Å². The molecule has 0 radical (unpaired) electrons. The van der Waals surface area contributed by atoms with Crippen LogP contribution in [0.1, 0.15) is 33.4 Å². The molecule has 5 rings (SSSR count). The van der Waals surface area contributed by atoms with Gasteiger partial charge in [0.2, 0.25) is 11.8 Å². The third-order valence-electron chi connectivity index (χ3n) is 6.73. The molecule has 6 unspecified atom stereocenters. The van der Waals surface area contributed by atoms with Crippen molar-refractivity contribution < 1.29 is 42.5 Å². The summed E-state index contributed by atoms with van der Waals surface area (Å²) in [5.74, 6) is -0.242. The molecule has 2 saturated heterocycles. The second-order valence-electron chi connectivity index (χ2n) is 9.97. The Hall–Kier alpha value is -3.33. The lowest BCUT2D eigenvalue weighted by Gasteiger charge is -2.44. The maximum atomic E-state index is 13.9. The summed E-state index contributed by atoms with van der Waals surface area (Å²) in [6.45, 7) is 4.90. The number of rotatable bonds is 11. The third-order valence-corrected chi connectivity index (χ3v) is 8.37. The maximum absolute atomic E-state index is 13.9. The molecular weight excluding hydrogens is 559 g/mol. The number of methoxy groups -OCH3 is 1. The van der Waals surface area contributed by atoms with Crippen molar-refractivity contribution in [1.29, 1.82) is 0 Å². The van der Waals surface area contributed by atoms with E-state index in [2.05, 4.69) is 20.0 Å². The molecule has 0 amide bonds. The highest BCUT2D eigenvalue weighted by atomic mass is 31.2. The number of hydrogen-bond donors (Lipinski definition) is 3. The van der Waals surface area contributed by atoms with E-state index in [0.29, 0.717) is 24.2 Å². The van der Waals surface area contributed by atoms with Gasteiger partial charge in [-0.3, -0.25) is 13.9 Å². The SMILES string of the molecule is COc1nc(N)nc2c1ncn2C1OC(COP(=O)(NC(C)C(=O)OC(C)C)Oc2ccccc2)C(O)C12CCO2. The molecule has 41 heavy (non-hydrogen) atoms. The number of para-hydroxylation sites is 1. The van der Waals surface area contributed by atoms with Crippen LogP contribution < -0.4 is 20.1 Å². The van der Waals surface area contributed by atoms with Gasteiger partial charge in [-0.15, -0.1) is 0 Å². The molecule has 2 aliphatic rings. The minimum atomic E-state index is -4.20. The molecule has 4 heterocycles. The van der Waals surface area contributed by atoms with Gasteiger partial charge in [-0.25, -0.2) is 9.55 Å². The van der Waals surface area contributed by atoms with E-state index in [1.807, 2.05) is 0 Å². The van der Waals surface area contributed by atoms with Gasteiger partial charge in [0.05, 0.1) is 32.8 Å². The lowest BCUT2D eigenvalue weighted by molar-refractivity contribution is -0.225. The first-order valence-corrected chi connectivity index (χ1v) is 14.6. The number of carbonyl (C=O) groups is 1. The van der Waals surface area contributed by atoms with E-state index in [9.17, 15) is 14.5 Å². The van der Waals surface area contributed by atoms with Gasteiger partial charge in [-0.1, -0.05) is 18.2 Å². The van der Waals surface area contributed by atoms with Crippen molar-refractivity contribution in [1.82, 2.24) is 24.6 Å². The van der Waals surface area contributed by atoms with Gasteiger partial charge in [-0.05, 0) is 32.9 Å². The van der Waals surface area contributed by atoms with E-state index < -0.39 is 43.8 Å². The average Bonchev–Trinajstić information content (AvgIpc) is 3.45. The second kappa shape index (κ2) is 11.5. The minimum Gasteiger partial charge on any atom is -0.479 e. The van der Waals surface area contributed by atoms with Crippen LogP contribution in [0.2, 0.25) is 0 Å². The Balaban J connectivity index is 1.38. The molecule has 1 aromatic carbocycles. The van der Waals surface area contributed by atoms with Gasteiger partial charge < -0.3 is 34.3 Å². The van der Waals surface area contributed by atoms with Crippen molar-refractivity contribution in [3.05, 3.63) is 36.7 Å². The number of imidazole rings is 1. The summed E-state index contributed by atoms with van der Waals surface area (Å²) >= 11 is 0. The zero-order valence-corrected chi connectivity index (χ0v) is 23.9. The Labute approximate surface area is 235 Å². The van der Waals surface area contributed by atoms with Crippen LogP contribution in [0.3, 0.4) is 0 Å². The van der Waals surface area contributed by atoms with E-state index in [0.717, 1.165) is 0 Å². The van der Waals surface area contributed by atoms with Crippen molar-refractivity contribution in [2.45, 2.75) is 63.4 Å². The molecular formula is C25H33N6O9P. The van der Waals surface area contributed by atoms with Crippen LogP contribution in [0.5, 0.6) is 11.6 Å². The Morgan fingerprint density at radius 2 is 2.02 bits per heavy atom. The molecule has 222 valence electrons. The highest BCUT2D eigenvalue weighted by Crippen LogP contribution is 2.51. The van der Waals surface area contributed by atoms with Crippen LogP contribution in [0.4, 0.5) is 5.95 Å².